The number of aromatic nitrogens is 3. The van der Waals surface area contributed by atoms with Gasteiger partial charge in [0.15, 0.2) is 11.6 Å². The minimum absolute atomic E-state index is 0.00841. The third kappa shape index (κ3) is 8.35. The van der Waals surface area contributed by atoms with Gasteiger partial charge in [-0.3, -0.25) is 39.0 Å². The van der Waals surface area contributed by atoms with Crippen molar-refractivity contribution in [3.8, 4) is 0 Å². The number of carbonyl (C=O) groups is 6. The van der Waals surface area contributed by atoms with Crippen molar-refractivity contribution < 1.29 is 28.8 Å². The molecule has 1 aromatic heterocycles. The Morgan fingerprint density at radius 3 is 2.33 bits per heavy atom. The standard InChI is InChI=1S/C41H49N11O6/c1-25(54)43-30-3-2-16-51(23-30)41-46-37(36(42-24-53)47-48-41)44-29-6-4-27(5-7-29)28-14-17-49(18-15-28)22-26-12-19-50(20-13-26)31-8-9-32-33(21-31)40(58)52(39(32)57)34-10-11-35(55)45-38(34)56/h4-9,21,24,26,28,30,34H,2-3,10-20,22-23H2,1H3,(H,43,54)(H,42,47,53)(H,44,46,48)(H,45,55,56)/t30-,34?/m1/s1. The Morgan fingerprint density at radius 1 is 0.845 bits per heavy atom. The molecule has 2 aromatic carbocycles. The summed E-state index contributed by atoms with van der Waals surface area (Å²) in [6.45, 7) is 7.67. The molecule has 3 aromatic rings. The summed E-state index contributed by atoms with van der Waals surface area (Å²) in [6, 6.07) is 12.8. The average Bonchev–Trinajstić information content (AvgIpc) is 3.47. The molecule has 4 saturated heterocycles. The van der Waals surface area contributed by atoms with Gasteiger partial charge >= 0.3 is 0 Å². The molecule has 58 heavy (non-hydrogen) atoms. The second kappa shape index (κ2) is 16.9. The number of anilines is 5. The molecule has 17 nitrogen and oxygen atoms in total. The highest BCUT2D eigenvalue weighted by Gasteiger charge is 2.45. The van der Waals surface area contributed by atoms with Crippen molar-refractivity contribution >= 4 is 64.9 Å². The van der Waals surface area contributed by atoms with Crippen molar-refractivity contribution in [2.45, 2.75) is 76.3 Å². The number of fused-ring (bicyclic) bond motifs is 1. The van der Waals surface area contributed by atoms with E-state index >= 15 is 0 Å². The molecule has 5 aliphatic heterocycles. The lowest BCUT2D eigenvalue weighted by molar-refractivity contribution is -0.136. The van der Waals surface area contributed by atoms with Crippen LogP contribution in [0.15, 0.2) is 42.5 Å². The molecule has 4 N–H and O–H groups in total. The molecular weight excluding hydrogens is 743 g/mol. The van der Waals surface area contributed by atoms with Crippen molar-refractivity contribution in [1.29, 1.82) is 0 Å². The van der Waals surface area contributed by atoms with Gasteiger partial charge in [-0.05, 0) is 106 Å². The van der Waals surface area contributed by atoms with Gasteiger partial charge in [0.25, 0.3) is 11.8 Å². The first kappa shape index (κ1) is 38.9. The third-order valence-corrected chi connectivity index (χ3v) is 12.1. The van der Waals surface area contributed by atoms with Crippen molar-refractivity contribution in [2.24, 2.45) is 5.92 Å². The van der Waals surface area contributed by atoms with E-state index < -0.39 is 29.7 Å². The second-order valence-corrected chi connectivity index (χ2v) is 16.0. The van der Waals surface area contributed by atoms with Crippen LogP contribution in [0.3, 0.4) is 0 Å². The summed E-state index contributed by atoms with van der Waals surface area (Å²) in [7, 11) is 0. The molecule has 1 unspecified atom stereocenters. The lowest BCUT2D eigenvalue weighted by Crippen LogP contribution is -2.54. The summed E-state index contributed by atoms with van der Waals surface area (Å²) in [5.74, 6) is 0.0540. The van der Waals surface area contributed by atoms with Crippen LogP contribution in [0.25, 0.3) is 0 Å². The smallest absolute Gasteiger partial charge is 0.262 e. The first-order valence-electron chi connectivity index (χ1n) is 20.3. The SMILES string of the molecule is CC(=O)N[C@@H]1CCCN(c2nnc(NC=O)c(Nc3ccc(C4CCN(CC5CCN(c6ccc7c(c6)C(=O)N(C6CCC(=O)NC6=O)C7=O)CC5)CC4)cc3)n2)C1. The number of likely N-dealkylation sites (tertiary alicyclic amines) is 1. The van der Waals surface area contributed by atoms with Crippen LogP contribution in [0.1, 0.15) is 90.5 Å². The van der Waals surface area contributed by atoms with Crippen LogP contribution in [-0.2, 0) is 19.2 Å². The number of hydrogen-bond donors (Lipinski definition) is 4. The largest absolute Gasteiger partial charge is 0.371 e. The van der Waals surface area contributed by atoms with Gasteiger partial charge in [0.05, 0.1) is 11.1 Å². The quantitative estimate of drug-likeness (QED) is 0.163. The zero-order valence-electron chi connectivity index (χ0n) is 32.6. The number of carbonyl (C=O) groups excluding carboxylic acids is 6. The Morgan fingerprint density at radius 2 is 1.60 bits per heavy atom. The summed E-state index contributed by atoms with van der Waals surface area (Å²) >= 11 is 0. The predicted octanol–water partition coefficient (Wildman–Crippen LogP) is 2.79. The lowest BCUT2D eigenvalue weighted by Gasteiger charge is -2.38. The minimum atomic E-state index is -0.971. The first-order valence-corrected chi connectivity index (χ1v) is 20.3. The highest BCUT2D eigenvalue weighted by Crippen LogP contribution is 2.34. The van der Waals surface area contributed by atoms with E-state index in [0.717, 1.165) is 94.1 Å². The summed E-state index contributed by atoms with van der Waals surface area (Å²) in [6.07, 6.45) is 6.76. The van der Waals surface area contributed by atoms with Crippen molar-refractivity contribution in [2.75, 3.05) is 66.2 Å². The normalized spacial score (nSPS) is 22.1. The maximum atomic E-state index is 13.3. The zero-order valence-corrected chi connectivity index (χ0v) is 32.6. The maximum absolute atomic E-state index is 13.3. The molecular formula is C41H49N11O6. The Kier molecular flexibility index (Phi) is 11.3. The highest BCUT2D eigenvalue weighted by molar-refractivity contribution is 6.23. The van der Waals surface area contributed by atoms with Crippen molar-refractivity contribution in [1.82, 2.24) is 35.6 Å². The molecule has 0 saturated carbocycles. The van der Waals surface area contributed by atoms with Gasteiger partial charge in [-0.2, -0.15) is 4.98 Å². The number of imide groups is 2. The van der Waals surface area contributed by atoms with Crippen molar-refractivity contribution in [3.05, 3.63) is 59.2 Å². The van der Waals surface area contributed by atoms with Gasteiger partial charge in [-0.1, -0.05) is 12.1 Å². The number of rotatable bonds is 11. The van der Waals surface area contributed by atoms with Crippen molar-refractivity contribution in [3.63, 3.8) is 0 Å². The fourth-order valence-corrected chi connectivity index (χ4v) is 9.07. The van der Waals surface area contributed by atoms with E-state index in [1.54, 1.807) is 12.1 Å². The molecule has 4 fully saturated rings. The Balaban J connectivity index is 0.810. The van der Waals surface area contributed by atoms with Gasteiger partial charge in [0.1, 0.15) is 6.04 Å². The van der Waals surface area contributed by atoms with Gasteiger partial charge < -0.3 is 30.7 Å². The number of nitrogens with one attached hydrogen (secondary N) is 4. The predicted molar refractivity (Wildman–Crippen MR) is 215 cm³/mol. The highest BCUT2D eigenvalue weighted by atomic mass is 16.2. The molecule has 0 aliphatic carbocycles. The maximum Gasteiger partial charge on any atom is 0.262 e. The van der Waals surface area contributed by atoms with Crippen LogP contribution in [0.2, 0.25) is 0 Å². The molecule has 6 heterocycles. The molecule has 0 radical (unpaired) electrons. The van der Waals surface area contributed by atoms with E-state index in [2.05, 4.69) is 53.4 Å². The Bertz CT molecular complexity index is 2080. The topological polar surface area (TPSA) is 202 Å². The number of benzene rings is 2. The van der Waals surface area contributed by atoms with Gasteiger partial charge in [0, 0.05) is 63.5 Å². The summed E-state index contributed by atoms with van der Waals surface area (Å²) < 4.78 is 0. The van der Waals surface area contributed by atoms with Gasteiger partial charge in [0.2, 0.25) is 30.1 Å². The fraction of sp³-hybridized carbons (Fsp3) is 0.488. The van der Waals surface area contributed by atoms with E-state index in [4.69, 9.17) is 4.98 Å². The second-order valence-electron chi connectivity index (χ2n) is 16.0. The summed E-state index contributed by atoms with van der Waals surface area (Å²) in [5.41, 5.74) is 3.62. The number of hydrogen-bond acceptors (Lipinski definition) is 13. The third-order valence-electron chi connectivity index (χ3n) is 12.1. The summed E-state index contributed by atoms with van der Waals surface area (Å²) in [4.78, 5) is 86.0. The average molecular weight is 792 g/mol. The number of piperidine rings is 4. The van der Waals surface area contributed by atoms with Crippen LogP contribution in [0, 0.1) is 5.92 Å². The van der Waals surface area contributed by atoms with Crippen LogP contribution in [0.4, 0.5) is 29.0 Å². The van der Waals surface area contributed by atoms with Gasteiger partial charge in [-0.15, -0.1) is 10.2 Å². The van der Waals surface area contributed by atoms with Crippen LogP contribution in [0.5, 0.6) is 0 Å². The Labute approximate surface area is 336 Å². The molecule has 0 bridgehead atoms. The van der Waals surface area contributed by atoms with E-state index in [9.17, 15) is 28.8 Å². The van der Waals surface area contributed by atoms with E-state index in [0.29, 0.717) is 47.7 Å². The van der Waals surface area contributed by atoms with Crippen LogP contribution < -0.4 is 31.1 Å². The zero-order chi connectivity index (χ0) is 40.3. The first-order chi connectivity index (χ1) is 28.1. The van der Waals surface area contributed by atoms with Crippen LogP contribution in [-0.4, -0.2) is 119 Å². The molecule has 0 spiro atoms. The monoisotopic (exact) mass is 791 g/mol. The molecule has 5 aliphatic rings. The molecule has 6 amide bonds. The minimum Gasteiger partial charge on any atom is -0.371 e. The number of nitrogens with zero attached hydrogens (tertiary/aromatic N) is 7. The number of amides is 6. The van der Waals surface area contributed by atoms with E-state index in [1.807, 2.05) is 23.1 Å². The molecule has 304 valence electrons. The fourth-order valence-electron chi connectivity index (χ4n) is 9.07. The lowest BCUT2D eigenvalue weighted by atomic mass is 9.88. The van der Waals surface area contributed by atoms with Crippen LogP contribution >= 0.6 is 0 Å². The molecule has 8 rings (SSSR count). The molecule has 17 heteroatoms. The van der Waals surface area contributed by atoms with E-state index in [-0.39, 0.29) is 30.6 Å². The Hall–Kier alpha value is -5.97. The molecule has 2 atom stereocenters. The van der Waals surface area contributed by atoms with Gasteiger partial charge in [-0.25, -0.2) is 0 Å². The van der Waals surface area contributed by atoms with E-state index in [1.165, 1.54) is 12.5 Å². The summed E-state index contributed by atoms with van der Waals surface area (Å²) in [5, 5.41) is 19.6.